The van der Waals surface area contributed by atoms with Crippen LogP contribution >= 0.6 is 0 Å². The lowest BCUT2D eigenvalue weighted by molar-refractivity contribution is -0.121. The van der Waals surface area contributed by atoms with Crippen molar-refractivity contribution in [2.45, 2.75) is 26.3 Å². The van der Waals surface area contributed by atoms with Gasteiger partial charge in [0, 0.05) is 6.42 Å². The van der Waals surface area contributed by atoms with Crippen molar-refractivity contribution in [1.29, 1.82) is 0 Å². The predicted octanol–water partition coefficient (Wildman–Crippen LogP) is 2.85. The van der Waals surface area contributed by atoms with Gasteiger partial charge in [0.25, 0.3) is 0 Å². The highest BCUT2D eigenvalue weighted by molar-refractivity contribution is 5.76. The van der Waals surface area contributed by atoms with Crippen molar-refractivity contribution in [3.63, 3.8) is 0 Å². The molecule has 0 aliphatic carbocycles. The Balaban J connectivity index is 1.77. The molecule has 0 fully saturated rings. The molecular formula is C16H19NO3. The summed E-state index contributed by atoms with van der Waals surface area (Å²) in [4.78, 5) is 11.8. The molecule has 4 heteroatoms. The first-order valence-corrected chi connectivity index (χ1v) is 6.62. The molecule has 0 aliphatic heterocycles. The van der Waals surface area contributed by atoms with Crippen LogP contribution in [0.15, 0.2) is 40.8 Å². The second-order valence-electron chi connectivity index (χ2n) is 4.64. The van der Waals surface area contributed by atoms with Crippen LogP contribution in [0.1, 0.15) is 23.5 Å². The largest absolute Gasteiger partial charge is 0.497 e. The second-order valence-corrected chi connectivity index (χ2v) is 4.64. The van der Waals surface area contributed by atoms with E-state index in [1.807, 2.05) is 43.3 Å². The molecule has 20 heavy (non-hydrogen) atoms. The molecule has 0 spiro atoms. The first-order chi connectivity index (χ1) is 9.67. The molecule has 0 unspecified atom stereocenters. The Morgan fingerprint density at radius 2 is 2.15 bits per heavy atom. The number of furan rings is 1. The van der Waals surface area contributed by atoms with Gasteiger partial charge < -0.3 is 14.5 Å². The summed E-state index contributed by atoms with van der Waals surface area (Å²) in [5.41, 5.74) is 1.09. The van der Waals surface area contributed by atoms with E-state index in [0.717, 1.165) is 22.8 Å². The van der Waals surface area contributed by atoms with E-state index in [0.29, 0.717) is 19.4 Å². The van der Waals surface area contributed by atoms with E-state index in [9.17, 15) is 4.79 Å². The summed E-state index contributed by atoms with van der Waals surface area (Å²) < 4.78 is 10.6. The van der Waals surface area contributed by atoms with Crippen LogP contribution in [-0.4, -0.2) is 13.0 Å². The van der Waals surface area contributed by atoms with Gasteiger partial charge in [0.1, 0.15) is 17.3 Å². The molecule has 1 aromatic heterocycles. The Morgan fingerprint density at radius 3 is 2.85 bits per heavy atom. The van der Waals surface area contributed by atoms with Crippen molar-refractivity contribution in [1.82, 2.24) is 5.32 Å². The van der Waals surface area contributed by atoms with Gasteiger partial charge >= 0.3 is 0 Å². The maximum Gasteiger partial charge on any atom is 0.220 e. The number of nitrogens with one attached hydrogen (secondary N) is 1. The molecule has 1 aromatic carbocycles. The molecule has 1 heterocycles. The molecule has 1 N–H and O–H groups in total. The summed E-state index contributed by atoms with van der Waals surface area (Å²) in [6, 6.07) is 11.5. The molecule has 0 aliphatic rings. The summed E-state index contributed by atoms with van der Waals surface area (Å²) in [5, 5.41) is 2.85. The normalized spacial score (nSPS) is 10.3. The second kappa shape index (κ2) is 6.80. The summed E-state index contributed by atoms with van der Waals surface area (Å²) in [5.74, 6) is 2.46. The molecule has 4 nitrogen and oxygen atoms in total. The van der Waals surface area contributed by atoms with Gasteiger partial charge in [-0.3, -0.25) is 4.79 Å². The highest BCUT2D eigenvalue weighted by atomic mass is 16.5. The summed E-state index contributed by atoms with van der Waals surface area (Å²) in [6.07, 6.45) is 1.15. The number of carbonyl (C=O) groups is 1. The van der Waals surface area contributed by atoms with Crippen molar-refractivity contribution in [2.75, 3.05) is 7.11 Å². The van der Waals surface area contributed by atoms with Gasteiger partial charge in [0.05, 0.1) is 13.7 Å². The molecule has 2 rings (SSSR count). The van der Waals surface area contributed by atoms with E-state index < -0.39 is 0 Å². The maximum atomic E-state index is 11.8. The van der Waals surface area contributed by atoms with E-state index in [1.54, 1.807) is 7.11 Å². The molecule has 1 amide bonds. The van der Waals surface area contributed by atoms with E-state index in [-0.39, 0.29) is 5.91 Å². The van der Waals surface area contributed by atoms with E-state index in [2.05, 4.69) is 5.32 Å². The van der Waals surface area contributed by atoms with Crippen molar-refractivity contribution in [3.8, 4) is 5.75 Å². The van der Waals surface area contributed by atoms with E-state index in [1.165, 1.54) is 0 Å². The Labute approximate surface area is 118 Å². The minimum absolute atomic E-state index is 0.0156. The Kier molecular flexibility index (Phi) is 4.82. The van der Waals surface area contributed by atoms with Crippen molar-refractivity contribution < 1.29 is 13.9 Å². The van der Waals surface area contributed by atoms with Crippen LogP contribution in [0.3, 0.4) is 0 Å². The van der Waals surface area contributed by atoms with Crippen LogP contribution in [0.25, 0.3) is 0 Å². The van der Waals surface area contributed by atoms with Crippen LogP contribution in [0.2, 0.25) is 0 Å². The Hall–Kier alpha value is -2.23. The monoisotopic (exact) mass is 273 g/mol. The van der Waals surface area contributed by atoms with Gasteiger partial charge in [-0.2, -0.15) is 0 Å². The molecular weight excluding hydrogens is 254 g/mol. The SMILES string of the molecule is COc1cccc(CCC(=O)NCc2ccc(C)o2)c1. The summed E-state index contributed by atoms with van der Waals surface area (Å²) in [7, 11) is 1.64. The minimum atomic E-state index is 0.0156. The highest BCUT2D eigenvalue weighted by Crippen LogP contribution is 2.14. The lowest BCUT2D eigenvalue weighted by atomic mass is 10.1. The third kappa shape index (κ3) is 4.16. The average Bonchev–Trinajstić information content (AvgIpc) is 2.89. The lowest BCUT2D eigenvalue weighted by Gasteiger charge is -2.05. The lowest BCUT2D eigenvalue weighted by Crippen LogP contribution is -2.22. The summed E-state index contributed by atoms with van der Waals surface area (Å²) >= 11 is 0. The van der Waals surface area contributed by atoms with Crippen molar-refractivity contribution in [3.05, 3.63) is 53.5 Å². The minimum Gasteiger partial charge on any atom is -0.497 e. The molecule has 2 aromatic rings. The number of benzene rings is 1. The molecule has 0 bridgehead atoms. The number of methoxy groups -OCH3 is 1. The zero-order chi connectivity index (χ0) is 14.4. The number of carbonyl (C=O) groups excluding carboxylic acids is 1. The van der Waals surface area contributed by atoms with Crippen LogP contribution in [-0.2, 0) is 17.8 Å². The Bertz CT molecular complexity index is 575. The predicted molar refractivity (Wildman–Crippen MR) is 76.6 cm³/mol. The Morgan fingerprint density at radius 1 is 1.30 bits per heavy atom. The van der Waals surface area contributed by atoms with Gasteiger partial charge in [-0.15, -0.1) is 0 Å². The van der Waals surface area contributed by atoms with E-state index >= 15 is 0 Å². The smallest absolute Gasteiger partial charge is 0.220 e. The first-order valence-electron chi connectivity index (χ1n) is 6.62. The van der Waals surface area contributed by atoms with Crippen LogP contribution in [0, 0.1) is 6.92 Å². The number of hydrogen-bond donors (Lipinski definition) is 1. The van der Waals surface area contributed by atoms with Crippen LogP contribution in [0.5, 0.6) is 5.75 Å². The molecule has 0 atom stereocenters. The first kappa shape index (κ1) is 14.2. The zero-order valence-electron chi connectivity index (χ0n) is 11.8. The maximum absolute atomic E-state index is 11.8. The standard InChI is InChI=1S/C16H19NO3/c1-12-6-8-15(20-12)11-17-16(18)9-7-13-4-3-5-14(10-13)19-2/h3-6,8,10H,7,9,11H2,1-2H3,(H,17,18). The molecule has 106 valence electrons. The fourth-order valence-electron chi connectivity index (χ4n) is 1.94. The highest BCUT2D eigenvalue weighted by Gasteiger charge is 2.05. The number of aryl methyl sites for hydroxylation is 2. The summed E-state index contributed by atoms with van der Waals surface area (Å²) in [6.45, 7) is 2.32. The molecule has 0 saturated heterocycles. The van der Waals surface area contributed by atoms with Gasteiger partial charge in [-0.25, -0.2) is 0 Å². The third-order valence-electron chi connectivity index (χ3n) is 3.03. The number of rotatable bonds is 6. The number of hydrogen-bond acceptors (Lipinski definition) is 3. The third-order valence-corrected chi connectivity index (χ3v) is 3.03. The van der Waals surface area contributed by atoms with Crippen molar-refractivity contribution >= 4 is 5.91 Å². The van der Waals surface area contributed by atoms with Crippen LogP contribution in [0.4, 0.5) is 0 Å². The quantitative estimate of drug-likeness (QED) is 0.880. The van der Waals surface area contributed by atoms with Crippen molar-refractivity contribution in [2.24, 2.45) is 0 Å². The van der Waals surface area contributed by atoms with Gasteiger partial charge in [-0.1, -0.05) is 12.1 Å². The zero-order valence-corrected chi connectivity index (χ0v) is 11.8. The van der Waals surface area contributed by atoms with Crippen LogP contribution < -0.4 is 10.1 Å². The fourth-order valence-corrected chi connectivity index (χ4v) is 1.94. The molecule has 0 radical (unpaired) electrons. The molecule has 0 saturated carbocycles. The van der Waals surface area contributed by atoms with Gasteiger partial charge in [0.2, 0.25) is 5.91 Å². The number of ether oxygens (including phenoxy) is 1. The number of amides is 1. The van der Waals surface area contributed by atoms with E-state index in [4.69, 9.17) is 9.15 Å². The van der Waals surface area contributed by atoms with Gasteiger partial charge in [0.15, 0.2) is 0 Å². The fraction of sp³-hybridized carbons (Fsp3) is 0.312. The average molecular weight is 273 g/mol. The topological polar surface area (TPSA) is 51.5 Å². The van der Waals surface area contributed by atoms with Gasteiger partial charge in [-0.05, 0) is 43.2 Å².